The number of hydrogen-bond acceptors (Lipinski definition) is 4. The lowest BCUT2D eigenvalue weighted by atomic mass is 10.2. The summed E-state index contributed by atoms with van der Waals surface area (Å²) in [5.74, 6) is 0. The average Bonchev–Trinajstić information content (AvgIpc) is 2.17. The summed E-state index contributed by atoms with van der Waals surface area (Å²) in [6.45, 7) is 8.53. The monoisotopic (exact) mass is 204 g/mol. The molecule has 0 rings (SSSR count). The lowest BCUT2D eigenvalue weighted by molar-refractivity contribution is 0.111. The van der Waals surface area contributed by atoms with E-state index in [4.69, 9.17) is 15.6 Å². The largest absolute Gasteiger partial charge is 0.396 e. The van der Waals surface area contributed by atoms with Gasteiger partial charge in [0.2, 0.25) is 0 Å². The van der Waals surface area contributed by atoms with Crippen molar-refractivity contribution < 1.29 is 9.84 Å². The summed E-state index contributed by atoms with van der Waals surface area (Å²) < 4.78 is 5.28. The highest BCUT2D eigenvalue weighted by atomic mass is 16.5. The second-order valence-electron chi connectivity index (χ2n) is 3.36. The van der Waals surface area contributed by atoms with Crippen LogP contribution in [0.25, 0.3) is 0 Å². The molecule has 4 heteroatoms. The van der Waals surface area contributed by atoms with Crippen LogP contribution >= 0.6 is 0 Å². The average molecular weight is 204 g/mol. The molecule has 0 saturated heterocycles. The van der Waals surface area contributed by atoms with Gasteiger partial charge in [-0.1, -0.05) is 6.92 Å². The van der Waals surface area contributed by atoms with Crippen LogP contribution in [0.3, 0.4) is 0 Å². The summed E-state index contributed by atoms with van der Waals surface area (Å²) >= 11 is 0. The van der Waals surface area contributed by atoms with Crippen molar-refractivity contribution in [2.75, 3.05) is 39.5 Å². The summed E-state index contributed by atoms with van der Waals surface area (Å²) in [5.41, 5.74) is 5.82. The van der Waals surface area contributed by atoms with Gasteiger partial charge in [-0.25, -0.2) is 0 Å². The number of nitrogens with two attached hydrogens (primary N) is 1. The minimum absolute atomic E-state index is 0.0709. The number of aliphatic hydroxyl groups is 1. The van der Waals surface area contributed by atoms with E-state index in [9.17, 15) is 0 Å². The zero-order valence-electron chi connectivity index (χ0n) is 9.41. The van der Waals surface area contributed by atoms with E-state index in [1.54, 1.807) is 0 Å². The van der Waals surface area contributed by atoms with Crippen molar-refractivity contribution in [1.82, 2.24) is 4.90 Å². The molecule has 0 spiro atoms. The van der Waals surface area contributed by atoms with Crippen LogP contribution in [-0.4, -0.2) is 55.5 Å². The van der Waals surface area contributed by atoms with Gasteiger partial charge in [-0.15, -0.1) is 0 Å². The Labute approximate surface area is 87.0 Å². The highest BCUT2D eigenvalue weighted by Gasteiger charge is 2.07. The first-order chi connectivity index (χ1) is 6.74. The maximum atomic E-state index is 8.71. The van der Waals surface area contributed by atoms with E-state index >= 15 is 0 Å². The van der Waals surface area contributed by atoms with Gasteiger partial charge in [0, 0.05) is 32.3 Å². The number of aliphatic hydroxyl groups excluding tert-OH is 1. The molecule has 1 unspecified atom stereocenters. The lowest BCUT2D eigenvalue weighted by Crippen LogP contribution is -2.39. The predicted octanol–water partition coefficient (Wildman–Crippen LogP) is 0.0545. The molecule has 0 aromatic heterocycles. The van der Waals surface area contributed by atoms with Crippen molar-refractivity contribution in [3.8, 4) is 0 Å². The fourth-order valence-electron chi connectivity index (χ4n) is 1.31. The summed E-state index contributed by atoms with van der Waals surface area (Å²) in [7, 11) is 0. The third-order valence-electron chi connectivity index (χ3n) is 2.20. The summed E-state index contributed by atoms with van der Waals surface area (Å²) in [6, 6.07) is 0.0709. The van der Waals surface area contributed by atoms with Gasteiger partial charge in [0.05, 0.1) is 6.61 Å². The summed E-state index contributed by atoms with van der Waals surface area (Å²) in [4.78, 5) is 2.25. The molecule has 3 N–H and O–H groups in total. The van der Waals surface area contributed by atoms with Gasteiger partial charge in [0.25, 0.3) is 0 Å². The van der Waals surface area contributed by atoms with Crippen LogP contribution in [0.5, 0.6) is 0 Å². The molecule has 14 heavy (non-hydrogen) atoms. The maximum Gasteiger partial charge on any atom is 0.0593 e. The molecule has 0 heterocycles. The molecule has 4 nitrogen and oxygen atoms in total. The van der Waals surface area contributed by atoms with Crippen molar-refractivity contribution >= 4 is 0 Å². The Morgan fingerprint density at radius 1 is 1.43 bits per heavy atom. The second-order valence-corrected chi connectivity index (χ2v) is 3.36. The first-order valence-corrected chi connectivity index (χ1v) is 5.41. The smallest absolute Gasteiger partial charge is 0.0593 e. The van der Waals surface area contributed by atoms with Crippen LogP contribution in [0.15, 0.2) is 0 Å². The topological polar surface area (TPSA) is 58.7 Å². The van der Waals surface area contributed by atoms with Crippen LogP contribution in [-0.2, 0) is 4.74 Å². The first-order valence-electron chi connectivity index (χ1n) is 5.41. The molecule has 0 aromatic rings. The number of likely N-dealkylation sites (N-methyl/N-ethyl adjacent to an activating group) is 1. The van der Waals surface area contributed by atoms with Crippen LogP contribution in [0.2, 0.25) is 0 Å². The molecular weight excluding hydrogens is 180 g/mol. The number of rotatable bonds is 9. The van der Waals surface area contributed by atoms with E-state index in [0.717, 1.165) is 32.8 Å². The molecular formula is C10H24N2O2. The normalized spacial score (nSPS) is 13.5. The fraction of sp³-hybridized carbons (Fsp3) is 1.00. The highest BCUT2D eigenvalue weighted by Crippen LogP contribution is 1.94. The lowest BCUT2D eigenvalue weighted by Gasteiger charge is -2.23. The van der Waals surface area contributed by atoms with Gasteiger partial charge in [-0.3, -0.25) is 4.90 Å². The molecule has 0 aliphatic rings. The fourth-order valence-corrected chi connectivity index (χ4v) is 1.31. The molecule has 0 aromatic carbocycles. The number of hydrogen-bond donors (Lipinski definition) is 2. The van der Waals surface area contributed by atoms with E-state index < -0.39 is 0 Å². The van der Waals surface area contributed by atoms with Gasteiger partial charge in [-0.2, -0.15) is 0 Å². The molecule has 0 aliphatic carbocycles. The molecule has 86 valence electrons. The van der Waals surface area contributed by atoms with Crippen LogP contribution in [0.4, 0.5) is 0 Å². The zero-order valence-corrected chi connectivity index (χ0v) is 9.41. The highest BCUT2D eigenvalue weighted by molar-refractivity contribution is 4.67. The van der Waals surface area contributed by atoms with Gasteiger partial charge in [-0.05, 0) is 19.9 Å². The van der Waals surface area contributed by atoms with E-state index in [-0.39, 0.29) is 12.6 Å². The maximum absolute atomic E-state index is 8.71. The van der Waals surface area contributed by atoms with Crippen molar-refractivity contribution in [2.24, 2.45) is 5.73 Å². The van der Waals surface area contributed by atoms with Gasteiger partial charge < -0.3 is 15.6 Å². The van der Waals surface area contributed by atoms with Crippen LogP contribution in [0, 0.1) is 0 Å². The van der Waals surface area contributed by atoms with E-state index in [0.29, 0.717) is 6.42 Å². The number of nitrogens with zero attached hydrogens (tertiary/aromatic N) is 1. The molecule has 1 atom stereocenters. The van der Waals surface area contributed by atoms with E-state index in [2.05, 4.69) is 11.8 Å². The standard InChI is InChI=1S/C10H24N2O2/c1-3-12(6-8-14-4-2)9-10(11)5-7-13/h10,13H,3-9,11H2,1-2H3. The predicted molar refractivity (Wildman–Crippen MR) is 58.3 cm³/mol. The minimum atomic E-state index is 0.0709. The van der Waals surface area contributed by atoms with Crippen LogP contribution in [0.1, 0.15) is 20.3 Å². The van der Waals surface area contributed by atoms with Crippen molar-refractivity contribution in [2.45, 2.75) is 26.3 Å². The third-order valence-corrected chi connectivity index (χ3v) is 2.20. The van der Waals surface area contributed by atoms with Gasteiger partial charge in [0.1, 0.15) is 0 Å². The Balaban J connectivity index is 3.55. The molecule has 0 radical (unpaired) electrons. The Morgan fingerprint density at radius 3 is 2.64 bits per heavy atom. The Morgan fingerprint density at radius 2 is 2.14 bits per heavy atom. The SMILES string of the molecule is CCOCCN(CC)CC(N)CCO. The van der Waals surface area contributed by atoms with Crippen molar-refractivity contribution in [3.63, 3.8) is 0 Å². The number of ether oxygens (including phenoxy) is 1. The van der Waals surface area contributed by atoms with Crippen molar-refractivity contribution in [1.29, 1.82) is 0 Å². The molecule has 0 bridgehead atoms. The second kappa shape index (κ2) is 9.40. The minimum Gasteiger partial charge on any atom is -0.396 e. The molecule has 0 amide bonds. The zero-order chi connectivity index (χ0) is 10.8. The Hall–Kier alpha value is -0.160. The quantitative estimate of drug-likeness (QED) is 0.521. The molecule has 0 fully saturated rings. The Bertz CT molecular complexity index is 123. The van der Waals surface area contributed by atoms with Gasteiger partial charge >= 0.3 is 0 Å². The summed E-state index contributed by atoms with van der Waals surface area (Å²) in [6.07, 6.45) is 0.672. The molecule has 0 saturated carbocycles. The van der Waals surface area contributed by atoms with Crippen LogP contribution < -0.4 is 5.73 Å². The van der Waals surface area contributed by atoms with Crippen molar-refractivity contribution in [3.05, 3.63) is 0 Å². The summed E-state index contributed by atoms with van der Waals surface area (Å²) in [5, 5.41) is 8.71. The molecule has 0 aliphatic heterocycles. The third kappa shape index (κ3) is 7.26. The van der Waals surface area contributed by atoms with Gasteiger partial charge in [0.15, 0.2) is 0 Å². The van der Waals surface area contributed by atoms with E-state index in [1.165, 1.54) is 0 Å². The van der Waals surface area contributed by atoms with E-state index in [1.807, 2.05) is 6.92 Å². The Kier molecular flexibility index (Phi) is 9.29. The first kappa shape index (κ1) is 13.8.